The predicted molar refractivity (Wildman–Crippen MR) is 86.9 cm³/mol. The molecule has 2 atom stereocenters. The Morgan fingerprint density at radius 1 is 1.20 bits per heavy atom. The fourth-order valence-electron chi connectivity index (χ4n) is 3.23. The number of hydrogen-bond acceptors (Lipinski definition) is 2. The zero-order valence-electron chi connectivity index (χ0n) is 13.5. The van der Waals surface area contributed by atoms with Gasteiger partial charge in [-0.25, -0.2) is 0 Å². The lowest BCUT2D eigenvalue weighted by Gasteiger charge is -2.37. The quantitative estimate of drug-likeness (QED) is 0.897. The number of rotatable bonds is 4. The van der Waals surface area contributed by atoms with Crippen LogP contribution in [0.1, 0.15) is 51.6 Å². The van der Waals surface area contributed by atoms with Crippen LogP contribution in [0.4, 0.5) is 0 Å². The van der Waals surface area contributed by atoms with Gasteiger partial charge >= 0.3 is 0 Å². The summed E-state index contributed by atoms with van der Waals surface area (Å²) in [5.41, 5.74) is 1.63. The SMILES string of the molecule is CN1CCCCC1CNC(c1ccccc1)C(C)(C)C. The van der Waals surface area contributed by atoms with E-state index in [1.165, 1.54) is 31.4 Å². The van der Waals surface area contributed by atoms with Crippen molar-refractivity contribution in [2.75, 3.05) is 20.1 Å². The Hall–Kier alpha value is -0.860. The average Bonchev–Trinajstić information content (AvgIpc) is 2.41. The van der Waals surface area contributed by atoms with E-state index in [-0.39, 0.29) is 5.41 Å². The van der Waals surface area contributed by atoms with E-state index in [2.05, 4.69) is 68.4 Å². The van der Waals surface area contributed by atoms with Gasteiger partial charge in [-0.2, -0.15) is 0 Å². The Labute approximate surface area is 124 Å². The third-order valence-electron chi connectivity index (χ3n) is 4.48. The minimum Gasteiger partial charge on any atom is -0.308 e. The van der Waals surface area contributed by atoms with Gasteiger partial charge in [-0.15, -0.1) is 0 Å². The van der Waals surface area contributed by atoms with Crippen molar-refractivity contribution in [3.8, 4) is 0 Å². The molecule has 1 saturated heterocycles. The minimum atomic E-state index is 0.231. The number of likely N-dealkylation sites (tertiary alicyclic amines) is 1. The topological polar surface area (TPSA) is 15.3 Å². The molecule has 1 N–H and O–H groups in total. The maximum Gasteiger partial charge on any atom is 0.0369 e. The molecule has 1 aliphatic rings. The van der Waals surface area contributed by atoms with Gasteiger partial charge in [0.15, 0.2) is 0 Å². The molecule has 2 unspecified atom stereocenters. The molecule has 112 valence electrons. The molecule has 0 aromatic heterocycles. The van der Waals surface area contributed by atoms with Crippen LogP contribution in [0.5, 0.6) is 0 Å². The Balaban J connectivity index is 2.02. The molecule has 0 bridgehead atoms. The monoisotopic (exact) mass is 274 g/mol. The predicted octanol–water partition coefficient (Wildman–Crippen LogP) is 3.85. The molecule has 2 nitrogen and oxygen atoms in total. The number of nitrogens with zero attached hydrogens (tertiary/aromatic N) is 1. The maximum absolute atomic E-state index is 3.83. The van der Waals surface area contributed by atoms with Crippen molar-refractivity contribution >= 4 is 0 Å². The van der Waals surface area contributed by atoms with Crippen molar-refractivity contribution in [2.45, 2.75) is 52.1 Å². The van der Waals surface area contributed by atoms with E-state index >= 15 is 0 Å². The van der Waals surface area contributed by atoms with Crippen LogP contribution in [0, 0.1) is 5.41 Å². The molecule has 1 aromatic carbocycles. The molecule has 0 spiro atoms. The number of likely N-dealkylation sites (N-methyl/N-ethyl adjacent to an activating group) is 1. The smallest absolute Gasteiger partial charge is 0.0369 e. The van der Waals surface area contributed by atoms with E-state index in [9.17, 15) is 0 Å². The summed E-state index contributed by atoms with van der Waals surface area (Å²) in [6.45, 7) is 9.30. The molecular weight excluding hydrogens is 244 g/mol. The molecule has 0 saturated carbocycles. The summed E-state index contributed by atoms with van der Waals surface area (Å²) in [7, 11) is 2.26. The van der Waals surface area contributed by atoms with Crippen LogP contribution < -0.4 is 5.32 Å². The average molecular weight is 274 g/mol. The van der Waals surface area contributed by atoms with E-state index in [4.69, 9.17) is 0 Å². The van der Waals surface area contributed by atoms with Crippen molar-refractivity contribution in [1.29, 1.82) is 0 Å². The minimum absolute atomic E-state index is 0.231. The lowest BCUT2D eigenvalue weighted by Crippen LogP contribution is -2.45. The van der Waals surface area contributed by atoms with E-state index in [1.54, 1.807) is 0 Å². The molecule has 1 fully saturated rings. The Bertz CT molecular complexity index is 394. The van der Waals surface area contributed by atoms with Crippen molar-refractivity contribution in [1.82, 2.24) is 10.2 Å². The highest BCUT2D eigenvalue weighted by atomic mass is 15.2. The molecule has 1 aliphatic heterocycles. The van der Waals surface area contributed by atoms with Crippen LogP contribution >= 0.6 is 0 Å². The van der Waals surface area contributed by atoms with Gasteiger partial charge in [-0.3, -0.25) is 0 Å². The van der Waals surface area contributed by atoms with Gasteiger partial charge in [0.25, 0.3) is 0 Å². The molecule has 2 heteroatoms. The van der Waals surface area contributed by atoms with Crippen LogP contribution in [0.2, 0.25) is 0 Å². The highest BCUT2D eigenvalue weighted by molar-refractivity contribution is 5.20. The fraction of sp³-hybridized carbons (Fsp3) is 0.667. The summed E-state index contributed by atoms with van der Waals surface area (Å²) in [4.78, 5) is 2.52. The number of benzene rings is 1. The van der Waals surface area contributed by atoms with E-state index in [1.807, 2.05) is 0 Å². The summed E-state index contributed by atoms with van der Waals surface area (Å²) in [6, 6.07) is 12.0. The number of nitrogens with one attached hydrogen (secondary N) is 1. The first kappa shape index (κ1) is 15.5. The summed E-state index contributed by atoms with van der Waals surface area (Å²) in [5.74, 6) is 0. The molecule has 0 aliphatic carbocycles. The first-order valence-corrected chi connectivity index (χ1v) is 7.97. The van der Waals surface area contributed by atoms with Crippen LogP contribution in [0.25, 0.3) is 0 Å². The summed E-state index contributed by atoms with van der Waals surface area (Å²) < 4.78 is 0. The third-order valence-corrected chi connectivity index (χ3v) is 4.48. The van der Waals surface area contributed by atoms with Crippen molar-refractivity contribution < 1.29 is 0 Å². The Morgan fingerprint density at radius 3 is 2.50 bits per heavy atom. The molecule has 1 heterocycles. The van der Waals surface area contributed by atoms with Crippen molar-refractivity contribution in [2.24, 2.45) is 5.41 Å². The summed E-state index contributed by atoms with van der Waals surface area (Å²) in [6.07, 6.45) is 4.06. The van der Waals surface area contributed by atoms with Crippen molar-refractivity contribution in [3.05, 3.63) is 35.9 Å². The number of piperidine rings is 1. The van der Waals surface area contributed by atoms with Gasteiger partial charge in [-0.05, 0) is 37.4 Å². The first-order chi connectivity index (χ1) is 9.48. The lowest BCUT2D eigenvalue weighted by molar-refractivity contribution is 0.164. The molecular formula is C18H30N2. The van der Waals surface area contributed by atoms with E-state index in [0.717, 1.165) is 6.54 Å². The van der Waals surface area contributed by atoms with Crippen LogP contribution in [0.3, 0.4) is 0 Å². The molecule has 2 rings (SSSR count). The highest BCUT2D eigenvalue weighted by Crippen LogP contribution is 2.32. The lowest BCUT2D eigenvalue weighted by atomic mass is 9.82. The second-order valence-corrected chi connectivity index (χ2v) is 7.25. The van der Waals surface area contributed by atoms with Gasteiger partial charge in [0.1, 0.15) is 0 Å². The van der Waals surface area contributed by atoms with Crippen molar-refractivity contribution in [3.63, 3.8) is 0 Å². The summed E-state index contributed by atoms with van der Waals surface area (Å²) >= 11 is 0. The molecule has 0 amide bonds. The molecule has 0 radical (unpaired) electrons. The van der Waals surface area contributed by atoms with Crippen LogP contribution in [-0.2, 0) is 0 Å². The Morgan fingerprint density at radius 2 is 1.90 bits per heavy atom. The first-order valence-electron chi connectivity index (χ1n) is 7.97. The second-order valence-electron chi connectivity index (χ2n) is 7.25. The van der Waals surface area contributed by atoms with E-state index in [0.29, 0.717) is 12.1 Å². The molecule has 20 heavy (non-hydrogen) atoms. The fourth-order valence-corrected chi connectivity index (χ4v) is 3.23. The highest BCUT2D eigenvalue weighted by Gasteiger charge is 2.27. The van der Waals surface area contributed by atoms with Gasteiger partial charge in [-0.1, -0.05) is 57.5 Å². The second kappa shape index (κ2) is 6.73. The zero-order valence-corrected chi connectivity index (χ0v) is 13.5. The normalized spacial score (nSPS) is 22.7. The van der Waals surface area contributed by atoms with Gasteiger partial charge in [0, 0.05) is 18.6 Å². The van der Waals surface area contributed by atoms with E-state index < -0.39 is 0 Å². The maximum atomic E-state index is 3.83. The number of hydrogen-bond donors (Lipinski definition) is 1. The zero-order chi connectivity index (χ0) is 14.6. The largest absolute Gasteiger partial charge is 0.308 e. The summed E-state index contributed by atoms with van der Waals surface area (Å²) in [5, 5.41) is 3.83. The van der Waals surface area contributed by atoms with Crippen LogP contribution in [0.15, 0.2) is 30.3 Å². The third kappa shape index (κ3) is 4.07. The Kier molecular flexibility index (Phi) is 5.22. The van der Waals surface area contributed by atoms with Gasteiger partial charge < -0.3 is 10.2 Å². The van der Waals surface area contributed by atoms with Gasteiger partial charge in [0.05, 0.1) is 0 Å². The van der Waals surface area contributed by atoms with Gasteiger partial charge in [0.2, 0.25) is 0 Å². The van der Waals surface area contributed by atoms with Crippen LogP contribution in [-0.4, -0.2) is 31.1 Å². The molecule has 1 aromatic rings. The standard InChI is InChI=1S/C18H30N2/c1-18(2,3)17(15-10-6-5-7-11-15)19-14-16-12-8-9-13-20(16)4/h5-7,10-11,16-17,19H,8-9,12-14H2,1-4H3.